The largest absolute Gasteiger partial charge is 0.464 e. The Morgan fingerprint density at radius 3 is 2.25 bits per heavy atom. The smallest absolute Gasteiger partial charge is 0.354 e. The lowest BCUT2D eigenvalue weighted by molar-refractivity contribution is -0.134. The SMILES string of the molecule is CCn1c(C)c(C(=O)[C@@H](C)N(CCC(C)C)C(=O)C2CC2)c(C)c1C(=O)OC. The van der Waals surface area contributed by atoms with Gasteiger partial charge in [0.2, 0.25) is 5.91 Å². The molecule has 0 radical (unpaired) electrons. The van der Waals surface area contributed by atoms with Crippen LogP contribution in [0.15, 0.2) is 0 Å². The van der Waals surface area contributed by atoms with Gasteiger partial charge in [-0.25, -0.2) is 4.79 Å². The van der Waals surface area contributed by atoms with Gasteiger partial charge in [-0.1, -0.05) is 13.8 Å². The molecule has 1 aromatic heterocycles. The fourth-order valence-electron chi connectivity index (χ4n) is 3.82. The Kier molecular flexibility index (Phi) is 7.07. The van der Waals surface area contributed by atoms with Crippen molar-refractivity contribution in [2.45, 2.75) is 73.4 Å². The lowest BCUT2D eigenvalue weighted by Crippen LogP contribution is -2.45. The lowest BCUT2D eigenvalue weighted by Gasteiger charge is -2.29. The molecule has 0 aliphatic heterocycles. The van der Waals surface area contributed by atoms with Crippen LogP contribution < -0.4 is 0 Å². The van der Waals surface area contributed by atoms with Gasteiger partial charge in [-0.2, -0.15) is 0 Å². The van der Waals surface area contributed by atoms with Crippen molar-refractivity contribution in [3.05, 3.63) is 22.5 Å². The van der Waals surface area contributed by atoms with Crippen LogP contribution >= 0.6 is 0 Å². The van der Waals surface area contributed by atoms with Crippen LogP contribution in [0, 0.1) is 25.7 Å². The minimum Gasteiger partial charge on any atom is -0.464 e. The van der Waals surface area contributed by atoms with Crippen molar-refractivity contribution in [2.75, 3.05) is 13.7 Å². The summed E-state index contributed by atoms with van der Waals surface area (Å²) in [5, 5.41) is 0. The average Bonchev–Trinajstić information content (AvgIpc) is 3.46. The van der Waals surface area contributed by atoms with Crippen LogP contribution in [-0.4, -0.2) is 46.8 Å². The molecule has 156 valence electrons. The summed E-state index contributed by atoms with van der Waals surface area (Å²) in [5.41, 5.74) is 2.33. The van der Waals surface area contributed by atoms with Crippen molar-refractivity contribution in [3.63, 3.8) is 0 Å². The molecular weight excluding hydrogens is 356 g/mol. The van der Waals surface area contributed by atoms with Gasteiger partial charge in [0, 0.05) is 30.3 Å². The molecule has 1 atom stereocenters. The zero-order valence-corrected chi connectivity index (χ0v) is 18.3. The van der Waals surface area contributed by atoms with E-state index in [1.165, 1.54) is 7.11 Å². The second-order valence-corrected chi connectivity index (χ2v) is 8.20. The number of carbonyl (C=O) groups is 3. The van der Waals surface area contributed by atoms with E-state index in [0.29, 0.717) is 35.8 Å². The van der Waals surface area contributed by atoms with Crippen LogP contribution in [0.4, 0.5) is 0 Å². The van der Waals surface area contributed by atoms with E-state index in [9.17, 15) is 14.4 Å². The molecule has 1 saturated carbocycles. The molecule has 6 heteroatoms. The summed E-state index contributed by atoms with van der Waals surface area (Å²) in [5.74, 6) is 0.0489. The number of ketones is 1. The van der Waals surface area contributed by atoms with E-state index in [-0.39, 0.29) is 17.6 Å². The highest BCUT2D eigenvalue weighted by Crippen LogP contribution is 2.33. The number of ether oxygens (including phenoxy) is 1. The van der Waals surface area contributed by atoms with Crippen LogP contribution in [0.2, 0.25) is 0 Å². The van der Waals surface area contributed by atoms with Crippen molar-refractivity contribution >= 4 is 17.7 Å². The first-order valence-corrected chi connectivity index (χ1v) is 10.3. The van der Waals surface area contributed by atoms with Crippen molar-refractivity contribution < 1.29 is 19.1 Å². The Bertz CT molecular complexity index is 759. The summed E-state index contributed by atoms with van der Waals surface area (Å²) >= 11 is 0. The summed E-state index contributed by atoms with van der Waals surface area (Å²) in [6, 6.07) is -0.553. The van der Waals surface area contributed by atoms with Gasteiger partial charge in [-0.15, -0.1) is 0 Å². The molecule has 0 spiro atoms. The summed E-state index contributed by atoms with van der Waals surface area (Å²) in [6.45, 7) is 12.8. The fraction of sp³-hybridized carbons (Fsp3) is 0.682. The highest BCUT2D eigenvalue weighted by atomic mass is 16.5. The molecular formula is C22H34N2O4. The van der Waals surface area contributed by atoms with Crippen molar-refractivity contribution in [1.82, 2.24) is 9.47 Å². The van der Waals surface area contributed by atoms with Gasteiger partial charge in [0.1, 0.15) is 5.69 Å². The Labute approximate surface area is 168 Å². The van der Waals surface area contributed by atoms with Crippen molar-refractivity contribution in [1.29, 1.82) is 0 Å². The second kappa shape index (κ2) is 8.93. The topological polar surface area (TPSA) is 68.6 Å². The van der Waals surface area contributed by atoms with Gasteiger partial charge in [0.25, 0.3) is 0 Å². The van der Waals surface area contributed by atoms with E-state index in [2.05, 4.69) is 13.8 Å². The molecule has 1 amide bonds. The van der Waals surface area contributed by atoms with Crippen LogP contribution in [-0.2, 0) is 16.1 Å². The normalized spacial score (nSPS) is 14.9. The Balaban J connectivity index is 2.40. The maximum absolute atomic E-state index is 13.5. The summed E-state index contributed by atoms with van der Waals surface area (Å²) in [6.07, 6.45) is 2.68. The lowest BCUT2D eigenvalue weighted by atomic mass is 9.99. The molecule has 0 N–H and O–H groups in total. The van der Waals surface area contributed by atoms with Crippen LogP contribution in [0.25, 0.3) is 0 Å². The summed E-state index contributed by atoms with van der Waals surface area (Å²) < 4.78 is 6.74. The molecule has 0 saturated heterocycles. The quantitative estimate of drug-likeness (QED) is 0.475. The highest BCUT2D eigenvalue weighted by Gasteiger charge is 2.38. The number of hydrogen-bond donors (Lipinski definition) is 0. The number of amides is 1. The van der Waals surface area contributed by atoms with E-state index in [4.69, 9.17) is 4.74 Å². The van der Waals surface area contributed by atoms with E-state index in [1.807, 2.05) is 25.3 Å². The van der Waals surface area contributed by atoms with Crippen molar-refractivity contribution in [3.8, 4) is 0 Å². The monoisotopic (exact) mass is 390 g/mol. The summed E-state index contributed by atoms with van der Waals surface area (Å²) in [4.78, 5) is 40.3. The van der Waals surface area contributed by atoms with Gasteiger partial charge in [-0.05, 0) is 58.4 Å². The van der Waals surface area contributed by atoms with Crippen LogP contribution in [0.5, 0.6) is 0 Å². The molecule has 0 bridgehead atoms. The number of rotatable bonds is 9. The number of hydrogen-bond acceptors (Lipinski definition) is 4. The molecule has 6 nitrogen and oxygen atoms in total. The van der Waals surface area contributed by atoms with Crippen LogP contribution in [0.1, 0.15) is 79.1 Å². The van der Waals surface area contributed by atoms with E-state index in [1.54, 1.807) is 11.8 Å². The molecule has 1 aliphatic rings. The zero-order chi connectivity index (χ0) is 21.2. The first-order valence-electron chi connectivity index (χ1n) is 10.3. The first kappa shape index (κ1) is 22.2. The third-order valence-corrected chi connectivity index (χ3v) is 5.71. The fourth-order valence-corrected chi connectivity index (χ4v) is 3.82. The maximum Gasteiger partial charge on any atom is 0.354 e. The summed E-state index contributed by atoms with van der Waals surface area (Å²) in [7, 11) is 1.34. The molecule has 1 aromatic rings. The number of carbonyl (C=O) groups excluding carboxylic acids is 3. The third kappa shape index (κ3) is 4.31. The first-order chi connectivity index (χ1) is 13.1. The Hall–Kier alpha value is -2.11. The zero-order valence-electron chi connectivity index (χ0n) is 18.3. The van der Waals surface area contributed by atoms with E-state index >= 15 is 0 Å². The predicted octanol–water partition coefficient (Wildman–Crippen LogP) is 3.77. The van der Waals surface area contributed by atoms with Crippen LogP contribution in [0.3, 0.4) is 0 Å². The molecule has 28 heavy (non-hydrogen) atoms. The predicted molar refractivity (Wildman–Crippen MR) is 109 cm³/mol. The number of esters is 1. The van der Waals surface area contributed by atoms with E-state index in [0.717, 1.165) is 25.0 Å². The molecule has 1 aliphatic carbocycles. The van der Waals surface area contributed by atoms with Gasteiger partial charge in [-0.3, -0.25) is 9.59 Å². The molecule has 0 unspecified atom stereocenters. The Morgan fingerprint density at radius 2 is 1.79 bits per heavy atom. The average molecular weight is 391 g/mol. The standard InChI is InChI=1S/C22H34N2O4/c1-8-23-15(5)18(14(4)19(23)22(27)28-7)20(25)16(6)24(12-11-13(2)3)21(26)17-9-10-17/h13,16-17H,8-12H2,1-7H3/t16-/m1/s1. The van der Waals surface area contributed by atoms with Gasteiger partial charge < -0.3 is 14.2 Å². The third-order valence-electron chi connectivity index (χ3n) is 5.71. The molecule has 2 rings (SSSR count). The van der Waals surface area contributed by atoms with Gasteiger partial charge in [0.05, 0.1) is 13.2 Å². The number of methoxy groups -OCH3 is 1. The molecule has 0 aromatic carbocycles. The number of nitrogens with zero attached hydrogens (tertiary/aromatic N) is 2. The van der Waals surface area contributed by atoms with Gasteiger partial charge >= 0.3 is 5.97 Å². The molecule has 1 fully saturated rings. The number of aromatic nitrogens is 1. The minimum absolute atomic E-state index is 0.0653. The van der Waals surface area contributed by atoms with E-state index < -0.39 is 12.0 Å². The van der Waals surface area contributed by atoms with Crippen molar-refractivity contribution in [2.24, 2.45) is 11.8 Å². The molecule has 1 heterocycles. The second-order valence-electron chi connectivity index (χ2n) is 8.20. The van der Waals surface area contributed by atoms with Gasteiger partial charge in [0.15, 0.2) is 5.78 Å². The maximum atomic E-state index is 13.5. The minimum atomic E-state index is -0.553. The number of Topliss-reactive ketones (excluding diaryl/α,β-unsaturated/α-hetero) is 1. The Morgan fingerprint density at radius 1 is 1.18 bits per heavy atom. The highest BCUT2D eigenvalue weighted by molar-refractivity contribution is 6.06.